The number of hydrogen-bond acceptors (Lipinski definition) is 5. The average Bonchev–Trinajstić information content (AvgIpc) is 3.08. The van der Waals surface area contributed by atoms with Gasteiger partial charge in [0.1, 0.15) is 10.8 Å². The molecule has 0 unspecified atom stereocenters. The summed E-state index contributed by atoms with van der Waals surface area (Å²) in [5.41, 5.74) is 5.34. The molecule has 2 aromatic rings. The molecule has 0 bridgehead atoms. The van der Waals surface area contributed by atoms with Crippen LogP contribution in [-0.4, -0.2) is 44.3 Å². The van der Waals surface area contributed by atoms with Crippen molar-refractivity contribution in [2.75, 3.05) is 34.4 Å². The highest BCUT2D eigenvalue weighted by molar-refractivity contribution is 7.12. The maximum absolute atomic E-state index is 5.83. The van der Waals surface area contributed by atoms with E-state index in [0.29, 0.717) is 0 Å². The van der Waals surface area contributed by atoms with E-state index in [2.05, 4.69) is 65.4 Å². The Hall–Kier alpha value is -1.69. The number of benzene rings is 1. The largest absolute Gasteiger partial charge is 0.496 e. The number of nitrogens with zero attached hydrogens (tertiary/aromatic N) is 2. The summed E-state index contributed by atoms with van der Waals surface area (Å²) < 4.78 is 11.5. The lowest BCUT2D eigenvalue weighted by Gasteiger charge is -2.41. The van der Waals surface area contributed by atoms with Gasteiger partial charge in [-0.05, 0) is 63.9 Å². The molecule has 1 saturated heterocycles. The Kier molecular flexibility index (Phi) is 6.47. The lowest BCUT2D eigenvalue weighted by Crippen LogP contribution is -2.45. The number of thiazole rings is 1. The van der Waals surface area contributed by atoms with Crippen LogP contribution in [0.5, 0.6) is 5.75 Å². The van der Waals surface area contributed by atoms with E-state index < -0.39 is 0 Å². The fourth-order valence-electron chi connectivity index (χ4n) is 4.28. The van der Waals surface area contributed by atoms with E-state index in [0.717, 1.165) is 54.2 Å². The zero-order valence-corrected chi connectivity index (χ0v) is 20.6. The predicted octanol–water partition coefficient (Wildman–Crippen LogP) is 6.03. The zero-order valence-electron chi connectivity index (χ0n) is 19.8. The fraction of sp³-hybridized carbons (Fsp3) is 0.560. The van der Waals surface area contributed by atoms with Gasteiger partial charge in [-0.25, -0.2) is 4.98 Å². The number of aryl methyl sites for hydroxylation is 1. The second-order valence-corrected chi connectivity index (χ2v) is 10.8. The van der Waals surface area contributed by atoms with Gasteiger partial charge in [-0.2, -0.15) is 0 Å². The first-order chi connectivity index (χ1) is 14.0. The third kappa shape index (κ3) is 4.08. The van der Waals surface area contributed by atoms with Crippen LogP contribution in [0.2, 0.25) is 0 Å². The molecule has 164 valence electrons. The zero-order chi connectivity index (χ0) is 22.3. The Morgan fingerprint density at radius 3 is 2.37 bits per heavy atom. The van der Waals surface area contributed by atoms with Crippen LogP contribution in [0, 0.1) is 6.92 Å². The van der Waals surface area contributed by atoms with Crippen LogP contribution < -0.4 is 4.74 Å². The monoisotopic (exact) mass is 428 g/mol. The summed E-state index contributed by atoms with van der Waals surface area (Å²) in [5.74, 6) is 0.918. The lowest BCUT2D eigenvalue weighted by atomic mass is 9.82. The number of aromatic nitrogens is 1. The Morgan fingerprint density at radius 2 is 1.87 bits per heavy atom. The highest BCUT2D eigenvalue weighted by atomic mass is 32.1. The van der Waals surface area contributed by atoms with Crippen molar-refractivity contribution in [3.63, 3.8) is 0 Å². The highest BCUT2D eigenvalue weighted by Crippen LogP contribution is 2.44. The van der Waals surface area contributed by atoms with E-state index in [4.69, 9.17) is 14.5 Å². The summed E-state index contributed by atoms with van der Waals surface area (Å²) >= 11 is 1.82. The van der Waals surface area contributed by atoms with Crippen LogP contribution >= 0.6 is 11.3 Å². The van der Waals surface area contributed by atoms with Crippen LogP contribution in [0.3, 0.4) is 0 Å². The van der Waals surface area contributed by atoms with Crippen molar-refractivity contribution < 1.29 is 9.47 Å². The van der Waals surface area contributed by atoms with E-state index in [-0.39, 0.29) is 11.0 Å². The smallest absolute Gasteiger partial charge is 0.130 e. The molecule has 0 saturated carbocycles. The molecule has 3 rings (SSSR count). The van der Waals surface area contributed by atoms with Crippen molar-refractivity contribution in [2.45, 2.75) is 58.4 Å². The number of hydrogen-bond donors (Lipinski definition) is 0. The molecule has 1 aliphatic rings. The number of allylic oxidation sites excluding steroid dienone is 1. The third-order valence-corrected chi connectivity index (χ3v) is 7.37. The van der Waals surface area contributed by atoms with Crippen molar-refractivity contribution in [2.24, 2.45) is 0 Å². The number of methoxy groups -OCH3 is 1. The van der Waals surface area contributed by atoms with Crippen LogP contribution in [-0.2, 0) is 15.7 Å². The second-order valence-electron chi connectivity index (χ2n) is 9.60. The third-order valence-electron chi connectivity index (χ3n) is 6.21. The summed E-state index contributed by atoms with van der Waals surface area (Å²) in [7, 11) is 6.06. The minimum absolute atomic E-state index is 0.0517. The summed E-state index contributed by atoms with van der Waals surface area (Å²) in [6, 6.07) is 4.44. The van der Waals surface area contributed by atoms with E-state index >= 15 is 0 Å². The van der Waals surface area contributed by atoms with E-state index in [1.165, 1.54) is 15.4 Å². The van der Waals surface area contributed by atoms with Gasteiger partial charge >= 0.3 is 0 Å². The summed E-state index contributed by atoms with van der Waals surface area (Å²) in [5, 5.41) is 1.19. The minimum atomic E-state index is -0.0531. The van der Waals surface area contributed by atoms with Crippen molar-refractivity contribution in [1.29, 1.82) is 0 Å². The molecule has 1 fully saturated rings. The summed E-state index contributed by atoms with van der Waals surface area (Å²) in [6.45, 7) is 16.7. The van der Waals surface area contributed by atoms with Crippen LogP contribution in [0.25, 0.3) is 16.8 Å². The van der Waals surface area contributed by atoms with Crippen molar-refractivity contribution in [3.8, 4) is 17.0 Å². The van der Waals surface area contributed by atoms with Gasteiger partial charge in [0, 0.05) is 34.8 Å². The van der Waals surface area contributed by atoms with Gasteiger partial charge in [-0.1, -0.05) is 27.4 Å². The Balaban J connectivity index is 2.19. The van der Waals surface area contributed by atoms with Gasteiger partial charge in [0.2, 0.25) is 0 Å². The Labute approximate surface area is 185 Å². The van der Waals surface area contributed by atoms with Crippen LogP contribution in [0.15, 0.2) is 18.7 Å². The first-order valence-corrected chi connectivity index (χ1v) is 11.4. The van der Waals surface area contributed by atoms with Crippen molar-refractivity contribution >= 4 is 16.9 Å². The van der Waals surface area contributed by atoms with Crippen molar-refractivity contribution in [3.05, 3.63) is 39.7 Å². The molecule has 1 aromatic heterocycles. The van der Waals surface area contributed by atoms with Crippen LogP contribution in [0.4, 0.5) is 0 Å². The topological polar surface area (TPSA) is 34.6 Å². The molecular weight excluding hydrogens is 392 g/mol. The van der Waals surface area contributed by atoms with Crippen molar-refractivity contribution in [1.82, 2.24) is 9.88 Å². The maximum Gasteiger partial charge on any atom is 0.130 e. The molecule has 4 nitrogen and oxygen atoms in total. The Bertz CT molecular complexity index is 931. The van der Waals surface area contributed by atoms with E-state index in [1.807, 2.05) is 18.3 Å². The molecule has 0 aliphatic carbocycles. The maximum atomic E-state index is 5.83. The SMILES string of the molecule is C=C(C)c1cc(-c2nc(C3(N(C)C)CCOCC3)sc2C)cc(C(C)(C)C)c1OC. The molecule has 0 N–H and O–H groups in total. The fourth-order valence-corrected chi connectivity index (χ4v) is 5.55. The van der Waals surface area contributed by atoms with Crippen LogP contribution in [0.1, 0.15) is 61.5 Å². The number of ether oxygens (including phenoxy) is 2. The van der Waals surface area contributed by atoms with Gasteiger partial charge in [-0.3, -0.25) is 4.90 Å². The first kappa shape index (κ1) is 23.0. The van der Waals surface area contributed by atoms with Gasteiger partial charge in [0.25, 0.3) is 0 Å². The van der Waals surface area contributed by atoms with Gasteiger partial charge in [-0.15, -0.1) is 11.3 Å². The molecule has 0 radical (unpaired) electrons. The molecule has 2 heterocycles. The predicted molar refractivity (Wildman–Crippen MR) is 128 cm³/mol. The Morgan fingerprint density at radius 1 is 1.23 bits per heavy atom. The molecule has 1 aromatic carbocycles. The highest BCUT2D eigenvalue weighted by Gasteiger charge is 2.40. The summed E-state index contributed by atoms with van der Waals surface area (Å²) in [4.78, 5) is 8.80. The average molecular weight is 429 g/mol. The standard InChI is InChI=1S/C25H36N2O2S/c1-16(2)19-14-18(15-20(22(19)28-9)24(4,5)6)21-17(3)30-23(26-21)25(27(7)8)10-12-29-13-11-25/h14-15H,1,10-13H2,2-9H3. The number of rotatable bonds is 5. The molecule has 0 amide bonds. The van der Waals surface area contributed by atoms with Gasteiger partial charge in [0.15, 0.2) is 0 Å². The molecular formula is C25H36N2O2S. The van der Waals surface area contributed by atoms with Gasteiger partial charge < -0.3 is 9.47 Å². The van der Waals surface area contributed by atoms with Gasteiger partial charge in [0.05, 0.1) is 18.3 Å². The molecule has 1 aliphatic heterocycles. The quantitative estimate of drug-likeness (QED) is 0.583. The van der Waals surface area contributed by atoms with E-state index in [9.17, 15) is 0 Å². The molecule has 5 heteroatoms. The first-order valence-electron chi connectivity index (χ1n) is 10.6. The second kappa shape index (κ2) is 8.45. The molecule has 30 heavy (non-hydrogen) atoms. The van der Waals surface area contributed by atoms with E-state index in [1.54, 1.807) is 7.11 Å². The molecule has 0 spiro atoms. The molecule has 0 atom stereocenters. The normalized spacial score (nSPS) is 16.7. The summed E-state index contributed by atoms with van der Waals surface area (Å²) in [6.07, 6.45) is 1.94. The lowest BCUT2D eigenvalue weighted by molar-refractivity contribution is -0.0106. The minimum Gasteiger partial charge on any atom is -0.496 e.